The molecule has 11 N–H and O–H groups in total. The van der Waals surface area contributed by atoms with Gasteiger partial charge in [-0.2, -0.15) is 0 Å². The van der Waals surface area contributed by atoms with E-state index < -0.39 is 93.7 Å². The molecule has 602 valence electrons. The number of hydrogen-bond donors (Lipinski definition) is 8. The van der Waals surface area contributed by atoms with Gasteiger partial charge in [0.05, 0.1) is 82.9 Å². The quantitative estimate of drug-likeness (QED) is 0.00760. The molecule has 0 aliphatic heterocycles. The van der Waals surface area contributed by atoms with Crippen LogP contribution in [-0.4, -0.2) is 173 Å². The van der Waals surface area contributed by atoms with Gasteiger partial charge in [-0.3, -0.25) is 32.9 Å². The molecule has 0 amide bonds. The number of nitrogens with two attached hydrogens (primary N) is 3. The number of carbonyl (C=O) groups excluding carboxylic acids is 4. The van der Waals surface area contributed by atoms with Crippen molar-refractivity contribution >= 4 is 109 Å². The summed E-state index contributed by atoms with van der Waals surface area (Å²) in [6.45, 7) is 28.0. The Balaban J connectivity index is 0.000000292. The summed E-state index contributed by atoms with van der Waals surface area (Å²) < 4.78 is 90.6. The van der Waals surface area contributed by atoms with E-state index in [1.807, 2.05) is 6.92 Å². The van der Waals surface area contributed by atoms with E-state index in [-0.39, 0.29) is 42.9 Å². The van der Waals surface area contributed by atoms with Crippen molar-refractivity contribution in [2.45, 2.75) is 248 Å². The molecule has 0 fully saturated rings. The number of imidazole rings is 3. The van der Waals surface area contributed by atoms with Crippen LogP contribution in [0.4, 0.5) is 17.5 Å². The Morgan fingerprint density at radius 1 is 0.500 bits per heavy atom. The zero-order chi connectivity index (χ0) is 80.0. The summed E-state index contributed by atoms with van der Waals surface area (Å²) in [5.41, 5.74) is 16.7. The van der Waals surface area contributed by atoms with Crippen molar-refractivity contribution < 1.29 is 75.4 Å². The number of esters is 4. The Hall–Kier alpha value is -7.39. The first-order valence-electron chi connectivity index (χ1n) is 36.3. The van der Waals surface area contributed by atoms with E-state index in [9.17, 15) is 37.8 Å². The molecule has 7 atom stereocenters. The molecule has 0 radical (unpaired) electrons. The van der Waals surface area contributed by atoms with Crippen molar-refractivity contribution in [3.05, 3.63) is 67.3 Å². The number of nitrogens with zero attached hydrogens (tertiary/aromatic N) is 12. The topological polar surface area (TPSA) is 471 Å². The van der Waals surface area contributed by atoms with E-state index in [0.29, 0.717) is 77.1 Å². The molecule has 7 rings (SSSR count). The Morgan fingerprint density at radius 2 is 0.861 bits per heavy atom. The van der Waals surface area contributed by atoms with Gasteiger partial charge in [-0.15, -0.1) is 0 Å². The Kier molecular flexibility index (Phi) is 36.6. The standard InChI is InChI=1S/C25H36ClN6O5P.C25H44N7O6P.C19H33N6O5P/c1-5-6-7-8-13-35-24(33)25(3,4)31-38(34,37-20-11-9-19(26)10-12-20)17-36-18(2)14-32-16-30-21-22(27)28-15-29-23(21)32;1-8-9-10-11-12-36-24(34)25(6,7)31-39(35,30-19(5)23(33)38-17(2)3)16-37-18(4)13-32-15-29-20-21(26)27-14-28-22(20)32;1-5-6-7-8-9-29-18(26)19(3,4)24-31(27,28)13-30-14(2)10-25-12-23-15-16(20)21-11-22-17(15)25/h9-12,15-16,18H,5-8,13-14,17H2,1-4H3,(H,31,34)(H2,27,28,29);14-15,17-19H,8-13,16H2,1-7H3,(H2,26,27,28)(H2,30,31,35);11-12,14H,5-10,13H2,1-4H3,(H2,20,21,22)(H2,24,27,28)/t18-,38?;18-,19-,39?;14-/m111/s1. The summed E-state index contributed by atoms with van der Waals surface area (Å²) in [6, 6.07) is 5.51. The molecule has 0 saturated heterocycles. The number of carbonyl (C=O) groups is 4. The normalized spacial score (nSPS) is 14.8. The van der Waals surface area contributed by atoms with Gasteiger partial charge in [0.2, 0.25) is 7.44 Å². The van der Waals surface area contributed by atoms with Crippen LogP contribution in [-0.2, 0) is 85.7 Å². The second-order valence-electron chi connectivity index (χ2n) is 28.1. The van der Waals surface area contributed by atoms with Crippen LogP contribution < -0.4 is 42.1 Å². The molecule has 0 bridgehead atoms. The van der Waals surface area contributed by atoms with Crippen molar-refractivity contribution in [2.75, 3.05) is 56.1 Å². The minimum absolute atomic E-state index is 0.270. The highest BCUT2D eigenvalue weighted by molar-refractivity contribution is 7.59. The van der Waals surface area contributed by atoms with Crippen LogP contribution in [0.15, 0.2) is 62.2 Å². The smallest absolute Gasteiger partial charge is 0.342 e. The fourth-order valence-electron chi connectivity index (χ4n) is 10.4. The summed E-state index contributed by atoms with van der Waals surface area (Å²) in [4.78, 5) is 97.8. The zero-order valence-corrected chi connectivity index (χ0v) is 68.3. The lowest BCUT2D eigenvalue weighted by Gasteiger charge is -2.32. The molecule has 108 heavy (non-hydrogen) atoms. The fourth-order valence-corrected chi connectivity index (χ4v) is 16.5. The van der Waals surface area contributed by atoms with Gasteiger partial charge in [-0.05, 0) is 127 Å². The molecule has 0 spiro atoms. The van der Waals surface area contributed by atoms with Crippen molar-refractivity contribution in [1.29, 1.82) is 0 Å². The minimum atomic E-state index is -3.96. The first kappa shape index (κ1) is 91.2. The SMILES string of the molecule is CCCCCCOC(=O)C(C)(C)NP(=O)(CO[C@H](C)Cn1cnc2c(N)ncnc21)N[C@H](C)C(=O)OC(C)C.CCCCCCOC(=O)C(C)(C)NP(=O)(CO[C@H](C)Cn1cnc2c(N)ncnc21)Oc1ccc(Cl)cc1.CCCCCCOC(=O)C(C)(C)NP(=O)(O)CO[C@H](C)Cn1cnc2c(N)ncnc21. The highest BCUT2D eigenvalue weighted by Gasteiger charge is 2.42. The summed E-state index contributed by atoms with van der Waals surface area (Å²) in [6.07, 6.45) is 17.8. The molecular formula is C69H113ClN19O16P3. The van der Waals surface area contributed by atoms with Crippen LogP contribution in [0.3, 0.4) is 0 Å². The second-order valence-corrected chi connectivity index (χ2v) is 34.7. The number of rotatable bonds is 45. The summed E-state index contributed by atoms with van der Waals surface area (Å²) >= 11 is 5.98. The average molecular weight is 1590 g/mol. The Morgan fingerprint density at radius 3 is 1.24 bits per heavy atom. The predicted molar refractivity (Wildman–Crippen MR) is 413 cm³/mol. The van der Waals surface area contributed by atoms with Crippen molar-refractivity contribution in [1.82, 2.24) is 78.9 Å². The maximum absolute atomic E-state index is 14.1. The minimum Gasteiger partial charge on any atom is -0.464 e. The maximum Gasteiger partial charge on any atom is 0.342 e. The molecule has 0 aliphatic carbocycles. The number of ether oxygens (including phenoxy) is 7. The number of nitrogens with one attached hydrogen (secondary N) is 4. The number of unbranched alkanes of at least 4 members (excludes halogenated alkanes) is 9. The van der Waals surface area contributed by atoms with E-state index in [1.54, 1.807) is 119 Å². The second kappa shape index (κ2) is 43.3. The zero-order valence-electron chi connectivity index (χ0n) is 64.9. The third-order valence-electron chi connectivity index (χ3n) is 16.0. The molecule has 3 unspecified atom stereocenters. The third-order valence-corrected chi connectivity index (χ3v) is 21.8. The lowest BCUT2D eigenvalue weighted by molar-refractivity contribution is -0.150. The predicted octanol–water partition coefficient (Wildman–Crippen LogP) is 11.0. The van der Waals surface area contributed by atoms with E-state index in [1.165, 1.54) is 32.8 Å². The molecular weight excluding hydrogens is 1480 g/mol. The van der Waals surface area contributed by atoms with Gasteiger partial charge < -0.3 is 73.5 Å². The van der Waals surface area contributed by atoms with Crippen LogP contribution in [0.25, 0.3) is 33.5 Å². The lowest BCUT2D eigenvalue weighted by atomic mass is 10.1. The molecule has 35 nitrogen and oxygen atoms in total. The highest BCUT2D eigenvalue weighted by Crippen LogP contribution is 2.46. The molecule has 6 heterocycles. The van der Waals surface area contributed by atoms with Crippen LogP contribution >= 0.6 is 34.1 Å². The number of benzene rings is 1. The number of nitrogen functional groups attached to an aromatic ring is 3. The Labute approximate surface area is 637 Å². The first-order chi connectivity index (χ1) is 50.9. The molecule has 0 aliphatic rings. The largest absolute Gasteiger partial charge is 0.464 e. The Bertz CT molecular complexity index is 4130. The number of aromatic nitrogens is 12. The van der Waals surface area contributed by atoms with Crippen molar-refractivity contribution in [3.8, 4) is 5.75 Å². The van der Waals surface area contributed by atoms with Gasteiger partial charge >= 0.3 is 31.4 Å². The van der Waals surface area contributed by atoms with E-state index >= 15 is 0 Å². The van der Waals surface area contributed by atoms with Crippen LogP contribution in [0.1, 0.15) is 181 Å². The third kappa shape index (κ3) is 30.1. The van der Waals surface area contributed by atoms with E-state index in [4.69, 9.17) is 66.5 Å². The number of hydrogen-bond acceptors (Lipinski definition) is 27. The molecule has 0 saturated carbocycles. The summed E-state index contributed by atoms with van der Waals surface area (Å²) in [7, 11) is -11.4. The van der Waals surface area contributed by atoms with Gasteiger partial charge in [0, 0.05) is 5.02 Å². The van der Waals surface area contributed by atoms with Crippen molar-refractivity contribution in [3.63, 3.8) is 0 Å². The van der Waals surface area contributed by atoms with E-state index in [2.05, 4.69) is 86.0 Å². The number of anilines is 3. The summed E-state index contributed by atoms with van der Waals surface area (Å²) in [5.74, 6) is -1.07. The monoisotopic (exact) mass is 1590 g/mol. The summed E-state index contributed by atoms with van der Waals surface area (Å²) in [5, 5.41) is 11.6. The van der Waals surface area contributed by atoms with Gasteiger partial charge in [0.25, 0.3) is 7.52 Å². The first-order valence-corrected chi connectivity index (χ1v) is 42.2. The lowest BCUT2D eigenvalue weighted by Crippen LogP contribution is -2.50. The molecule has 7 aromatic rings. The molecule has 6 aromatic heterocycles. The maximum atomic E-state index is 14.1. The molecule has 39 heteroatoms. The fraction of sp³-hybridized carbons (Fsp3) is 0.638. The van der Waals surface area contributed by atoms with Gasteiger partial charge in [-0.1, -0.05) is 90.2 Å². The average Bonchev–Trinajstić information content (AvgIpc) is 1.52. The van der Waals surface area contributed by atoms with Crippen molar-refractivity contribution in [2.24, 2.45) is 0 Å². The van der Waals surface area contributed by atoms with Crippen LogP contribution in [0, 0.1) is 0 Å². The highest BCUT2D eigenvalue weighted by atomic mass is 35.5. The van der Waals surface area contributed by atoms with Gasteiger partial charge in [0.15, 0.2) is 34.4 Å². The van der Waals surface area contributed by atoms with Crippen LogP contribution in [0.2, 0.25) is 5.02 Å². The number of halogens is 1. The molecule has 1 aromatic carbocycles. The van der Waals surface area contributed by atoms with Crippen LogP contribution in [0.5, 0.6) is 5.75 Å². The van der Waals surface area contributed by atoms with E-state index in [0.717, 1.165) is 77.0 Å². The van der Waals surface area contributed by atoms with Gasteiger partial charge in [0.1, 0.15) is 83.0 Å². The number of fused-ring (bicyclic) bond motifs is 3. The van der Waals surface area contributed by atoms with Gasteiger partial charge in [-0.25, -0.2) is 65.2 Å².